The van der Waals surface area contributed by atoms with Crippen molar-refractivity contribution in [2.75, 3.05) is 18.6 Å². The first kappa shape index (κ1) is 18.0. The van der Waals surface area contributed by atoms with Crippen molar-refractivity contribution in [3.63, 3.8) is 0 Å². The monoisotopic (exact) mass is 384 g/mol. The normalized spacial score (nSPS) is 13.6. The van der Waals surface area contributed by atoms with Gasteiger partial charge in [-0.3, -0.25) is 0 Å². The predicted molar refractivity (Wildman–Crippen MR) is 86.6 cm³/mol. The Morgan fingerprint density at radius 3 is 2.80 bits per heavy atom. The van der Waals surface area contributed by atoms with Crippen molar-refractivity contribution in [1.29, 1.82) is 0 Å². The quantitative estimate of drug-likeness (QED) is 0.640. The number of nitrogens with one attached hydrogen (secondary N) is 2. The van der Waals surface area contributed by atoms with Gasteiger partial charge in [-0.15, -0.1) is 0 Å². The minimum atomic E-state index is -3.55. The SMILES string of the molecule is CCSCCC(C)NS(=O)(=O)c1cc(CNC)oc1Br. The lowest BCUT2D eigenvalue weighted by Gasteiger charge is -2.13. The van der Waals surface area contributed by atoms with Crippen LogP contribution in [-0.4, -0.2) is 33.0 Å². The van der Waals surface area contributed by atoms with Gasteiger partial charge in [-0.05, 0) is 47.8 Å². The molecule has 0 saturated heterocycles. The molecule has 1 aromatic rings. The maximum Gasteiger partial charge on any atom is 0.245 e. The third-order valence-electron chi connectivity index (χ3n) is 2.60. The van der Waals surface area contributed by atoms with E-state index in [2.05, 4.69) is 32.9 Å². The van der Waals surface area contributed by atoms with E-state index in [0.717, 1.165) is 17.9 Å². The van der Waals surface area contributed by atoms with Gasteiger partial charge in [0.05, 0.1) is 6.54 Å². The van der Waals surface area contributed by atoms with Crippen molar-refractivity contribution < 1.29 is 12.8 Å². The number of rotatable bonds is 9. The predicted octanol–water partition coefficient (Wildman–Crippen LogP) is 2.57. The summed E-state index contributed by atoms with van der Waals surface area (Å²) in [5.74, 6) is 2.56. The Bertz CT molecular complexity index is 517. The first-order valence-corrected chi connectivity index (χ1v) is 9.86. The number of hydrogen-bond donors (Lipinski definition) is 2. The van der Waals surface area contributed by atoms with Gasteiger partial charge >= 0.3 is 0 Å². The molecule has 8 heteroatoms. The Hall–Kier alpha value is -0.0200. The third kappa shape index (κ3) is 5.40. The third-order valence-corrected chi connectivity index (χ3v) is 5.98. The van der Waals surface area contributed by atoms with Crippen molar-refractivity contribution in [3.8, 4) is 0 Å². The molecule has 1 rings (SSSR count). The van der Waals surface area contributed by atoms with Crippen LogP contribution in [0.1, 0.15) is 26.0 Å². The highest BCUT2D eigenvalue weighted by Crippen LogP contribution is 2.26. The summed E-state index contributed by atoms with van der Waals surface area (Å²) in [6.45, 7) is 4.44. The fourth-order valence-electron chi connectivity index (χ4n) is 1.63. The molecular formula is C12H21BrN2O3S2. The number of thioether (sulfide) groups is 1. The summed E-state index contributed by atoms with van der Waals surface area (Å²) in [6, 6.07) is 1.43. The minimum absolute atomic E-state index is 0.103. The summed E-state index contributed by atoms with van der Waals surface area (Å²) in [5, 5.41) is 2.92. The minimum Gasteiger partial charge on any atom is -0.452 e. The second-order valence-electron chi connectivity index (χ2n) is 4.39. The van der Waals surface area contributed by atoms with E-state index in [4.69, 9.17) is 4.42 Å². The van der Waals surface area contributed by atoms with Crippen LogP contribution in [0.15, 0.2) is 20.0 Å². The highest BCUT2D eigenvalue weighted by atomic mass is 79.9. The van der Waals surface area contributed by atoms with Crippen molar-refractivity contribution >= 4 is 37.7 Å². The van der Waals surface area contributed by atoms with E-state index >= 15 is 0 Å². The molecule has 0 aliphatic carbocycles. The molecule has 5 nitrogen and oxygen atoms in total. The summed E-state index contributed by atoms with van der Waals surface area (Å²) in [5.41, 5.74) is 0. The van der Waals surface area contributed by atoms with Crippen LogP contribution < -0.4 is 10.0 Å². The van der Waals surface area contributed by atoms with Crippen LogP contribution in [0.2, 0.25) is 0 Å². The van der Waals surface area contributed by atoms with Crippen LogP contribution in [0, 0.1) is 0 Å². The Labute approximate surface area is 133 Å². The number of sulfonamides is 1. The molecule has 1 heterocycles. The Balaban J connectivity index is 2.72. The molecule has 0 fully saturated rings. The van der Waals surface area contributed by atoms with Gasteiger partial charge in [0.25, 0.3) is 0 Å². The fourth-order valence-corrected chi connectivity index (χ4v) is 4.72. The molecule has 2 N–H and O–H groups in total. The lowest BCUT2D eigenvalue weighted by molar-refractivity contribution is 0.469. The van der Waals surface area contributed by atoms with Crippen LogP contribution in [0.3, 0.4) is 0 Å². The van der Waals surface area contributed by atoms with Crippen LogP contribution in [0.4, 0.5) is 0 Å². The lowest BCUT2D eigenvalue weighted by Crippen LogP contribution is -2.33. The Kier molecular flexibility index (Phi) is 7.60. The van der Waals surface area contributed by atoms with Gasteiger partial charge < -0.3 is 9.73 Å². The molecule has 0 spiro atoms. The van der Waals surface area contributed by atoms with Gasteiger partial charge in [0.2, 0.25) is 10.0 Å². The molecule has 0 aromatic carbocycles. The second kappa shape index (κ2) is 8.43. The molecule has 1 atom stereocenters. The van der Waals surface area contributed by atoms with E-state index in [1.807, 2.05) is 6.92 Å². The summed E-state index contributed by atoms with van der Waals surface area (Å²) in [4.78, 5) is 0.151. The standard InChI is InChI=1S/C12H21BrN2O3S2/c1-4-19-6-5-9(2)15-20(16,17)11-7-10(8-14-3)18-12(11)13/h7,9,14-15H,4-6,8H2,1-3H3. The van der Waals surface area contributed by atoms with Crippen LogP contribution >= 0.6 is 27.7 Å². The van der Waals surface area contributed by atoms with Crippen molar-refractivity contribution in [2.24, 2.45) is 0 Å². The van der Waals surface area contributed by atoms with Gasteiger partial charge in [-0.2, -0.15) is 11.8 Å². The largest absolute Gasteiger partial charge is 0.452 e. The molecule has 1 unspecified atom stereocenters. The van der Waals surface area contributed by atoms with Crippen LogP contribution in [0.5, 0.6) is 0 Å². The topological polar surface area (TPSA) is 71.3 Å². The maximum atomic E-state index is 12.3. The van der Waals surface area contributed by atoms with Crippen molar-refractivity contribution in [1.82, 2.24) is 10.0 Å². The molecule has 0 aliphatic rings. The van der Waals surface area contributed by atoms with Crippen molar-refractivity contribution in [3.05, 3.63) is 16.5 Å². The number of furan rings is 1. The molecule has 0 amide bonds. The first-order valence-electron chi connectivity index (χ1n) is 6.43. The van der Waals surface area contributed by atoms with E-state index in [1.54, 1.807) is 18.8 Å². The number of hydrogen-bond acceptors (Lipinski definition) is 5. The molecule has 1 aromatic heterocycles. The van der Waals surface area contributed by atoms with Crippen molar-refractivity contribution in [2.45, 2.75) is 37.8 Å². The van der Waals surface area contributed by atoms with E-state index in [0.29, 0.717) is 12.3 Å². The van der Waals surface area contributed by atoms with E-state index in [1.165, 1.54) is 6.07 Å². The maximum absolute atomic E-state index is 12.3. The number of halogens is 1. The lowest BCUT2D eigenvalue weighted by atomic mass is 10.3. The van der Waals surface area contributed by atoms with Gasteiger partial charge in [0.1, 0.15) is 10.7 Å². The second-order valence-corrected chi connectivity index (χ2v) is 8.19. The zero-order valence-electron chi connectivity index (χ0n) is 11.9. The van der Waals surface area contributed by atoms with Crippen LogP contribution in [-0.2, 0) is 16.6 Å². The molecule has 0 saturated carbocycles. The Morgan fingerprint density at radius 2 is 2.20 bits per heavy atom. The average molecular weight is 385 g/mol. The fraction of sp³-hybridized carbons (Fsp3) is 0.667. The zero-order chi connectivity index (χ0) is 15.2. The highest BCUT2D eigenvalue weighted by molar-refractivity contribution is 9.10. The molecule has 0 aliphatic heterocycles. The smallest absolute Gasteiger partial charge is 0.245 e. The highest BCUT2D eigenvalue weighted by Gasteiger charge is 2.24. The van der Waals surface area contributed by atoms with Gasteiger partial charge in [-0.25, -0.2) is 13.1 Å². The van der Waals surface area contributed by atoms with E-state index < -0.39 is 10.0 Å². The summed E-state index contributed by atoms with van der Waals surface area (Å²) in [6.07, 6.45) is 0.802. The summed E-state index contributed by atoms with van der Waals surface area (Å²) in [7, 11) is -1.78. The molecule has 0 bridgehead atoms. The van der Waals surface area contributed by atoms with E-state index in [-0.39, 0.29) is 15.6 Å². The van der Waals surface area contributed by atoms with Crippen LogP contribution in [0.25, 0.3) is 0 Å². The average Bonchev–Trinajstić information content (AvgIpc) is 2.71. The Morgan fingerprint density at radius 1 is 1.50 bits per heavy atom. The van der Waals surface area contributed by atoms with Gasteiger partial charge in [-0.1, -0.05) is 6.92 Å². The molecule has 0 radical (unpaired) electrons. The van der Waals surface area contributed by atoms with E-state index in [9.17, 15) is 8.42 Å². The zero-order valence-corrected chi connectivity index (χ0v) is 15.1. The summed E-state index contributed by atoms with van der Waals surface area (Å²) < 4.78 is 32.8. The summed E-state index contributed by atoms with van der Waals surface area (Å²) >= 11 is 4.96. The molecular weight excluding hydrogens is 364 g/mol. The van der Waals surface area contributed by atoms with Gasteiger partial charge in [0, 0.05) is 12.1 Å². The first-order chi connectivity index (χ1) is 9.40. The van der Waals surface area contributed by atoms with Gasteiger partial charge in [0.15, 0.2) is 4.67 Å². The molecule has 116 valence electrons. The molecule has 20 heavy (non-hydrogen) atoms.